The van der Waals surface area contributed by atoms with Crippen LogP contribution in [0.3, 0.4) is 0 Å². The molecule has 0 bridgehead atoms. The highest BCUT2D eigenvalue weighted by atomic mass is 16.6. The van der Waals surface area contributed by atoms with E-state index >= 15 is 0 Å². The Kier molecular flexibility index (Phi) is 7.59. The molecule has 12 fully saturated rings. The highest BCUT2D eigenvalue weighted by Crippen LogP contribution is 2.83. The third-order valence-corrected chi connectivity index (χ3v) is 21.4. The van der Waals surface area contributed by atoms with Crippen LogP contribution < -0.4 is 0 Å². The van der Waals surface area contributed by atoms with Crippen molar-refractivity contribution in [1.82, 2.24) is 0 Å². The maximum absolute atomic E-state index is 13.2. The Labute approximate surface area is 356 Å². The normalized spacial score (nSPS) is 56.8. The number of methoxy groups -OCH3 is 2. The lowest BCUT2D eigenvalue weighted by atomic mass is 9.41. The van der Waals surface area contributed by atoms with Crippen LogP contribution >= 0.6 is 0 Å². The maximum Gasteiger partial charge on any atom is 0.309 e. The minimum atomic E-state index is -0.601. The van der Waals surface area contributed by atoms with Gasteiger partial charge in [-0.3, -0.25) is 28.8 Å². The lowest BCUT2D eigenvalue weighted by Gasteiger charge is -2.59. The summed E-state index contributed by atoms with van der Waals surface area (Å²) in [5.74, 6) is -0.526. The van der Waals surface area contributed by atoms with E-state index in [9.17, 15) is 28.8 Å². The van der Waals surface area contributed by atoms with Crippen LogP contribution in [0.15, 0.2) is 11.6 Å². The number of ketones is 2. The monoisotopic (exact) mass is 844 g/mol. The van der Waals surface area contributed by atoms with E-state index in [0.717, 1.165) is 69.8 Å². The zero-order chi connectivity index (χ0) is 42.7. The van der Waals surface area contributed by atoms with E-state index in [0.29, 0.717) is 38.5 Å². The molecule has 13 aliphatic rings. The number of fused-ring (bicyclic) bond motifs is 7. The zero-order valence-electron chi connectivity index (χ0n) is 36.4. The van der Waals surface area contributed by atoms with Crippen LogP contribution in [-0.4, -0.2) is 96.0 Å². The van der Waals surface area contributed by atoms with Gasteiger partial charge in [0.25, 0.3) is 0 Å². The molecule has 7 saturated carbocycles. The zero-order valence-corrected chi connectivity index (χ0v) is 36.4. The number of rotatable bonds is 2. The molecule has 8 aliphatic carbocycles. The van der Waals surface area contributed by atoms with Gasteiger partial charge in [0.05, 0.1) is 38.3 Å². The van der Waals surface area contributed by atoms with E-state index in [1.807, 2.05) is 0 Å². The number of carbonyl (C=O) groups excluding carboxylic acids is 6. The first-order valence-corrected chi connectivity index (χ1v) is 23.3. The van der Waals surface area contributed by atoms with Crippen molar-refractivity contribution in [3.63, 3.8) is 0 Å². The van der Waals surface area contributed by atoms with Gasteiger partial charge in [-0.15, -0.1) is 0 Å². The third kappa shape index (κ3) is 4.28. The number of Topliss-reactive ketones (excluding diaryl/α,β-unsaturated/α-hetero) is 1. The maximum atomic E-state index is 13.2. The van der Waals surface area contributed by atoms with Gasteiger partial charge in [0, 0.05) is 59.2 Å². The smallest absolute Gasteiger partial charge is 0.309 e. The van der Waals surface area contributed by atoms with Crippen LogP contribution in [-0.2, 0) is 61.9 Å². The SMILES string of the molecule is COC(=O)[C@@H]1CC23O[C@@H]2C(=O)CC[C@]3(C)[C@@]23OC2C[C@@]2(C)C(CCC24CCC(=O)O4)C13.COC(=O)[C@@H]1CC2=CC(=O)CC[C@]2(C)[C@@]23OC2C[C@@]2(C)C(CCC24CCC(=O)O4)C13. The van der Waals surface area contributed by atoms with Crippen molar-refractivity contribution in [2.75, 3.05) is 14.2 Å². The lowest BCUT2D eigenvalue weighted by Crippen LogP contribution is -2.68. The highest BCUT2D eigenvalue weighted by molar-refractivity contribution is 5.92. The molecule has 5 heterocycles. The van der Waals surface area contributed by atoms with Gasteiger partial charge < -0.3 is 33.2 Å². The second-order valence-corrected chi connectivity index (χ2v) is 22.6. The largest absolute Gasteiger partial charge is 0.469 e. The van der Waals surface area contributed by atoms with Gasteiger partial charge >= 0.3 is 23.9 Å². The molecule has 13 nitrogen and oxygen atoms in total. The number of ether oxygens (including phenoxy) is 7. The number of carbonyl (C=O) groups is 6. The molecule has 13 rings (SSSR count). The standard InChI is InChI=1S/C24H30O7.C24H30O6/c1-20-11-15-24(29-15)17(13(20)4-8-22(20)9-6-16(26)30-22)12(19(27)28-3)10-23-18(31-23)14(25)5-7-21(23,24)2;1-21-7-4-14(25)10-13(21)11-15(20(27)28-3)19-16-5-8-23(9-6-18(26)30-23)22(16,2)12-17-24(19,21)29-17/h12-13,15,17-18H,4-11H2,1-3H3;10,15-17,19H,4-9,11-12H2,1-3H3/t12-,13?,15?,17?,18-,20+,21+,22?,23?,24-;15-,16?,17?,19?,21+,22+,23?,24-/m11/s1. The van der Waals surface area contributed by atoms with Crippen LogP contribution in [0.25, 0.3) is 0 Å². The van der Waals surface area contributed by atoms with E-state index in [4.69, 9.17) is 33.2 Å². The summed E-state index contributed by atoms with van der Waals surface area (Å²) >= 11 is 0. The molecule has 61 heavy (non-hydrogen) atoms. The predicted molar refractivity (Wildman–Crippen MR) is 210 cm³/mol. The molecule has 0 amide bonds. The van der Waals surface area contributed by atoms with E-state index in [2.05, 4.69) is 27.7 Å². The molecule has 330 valence electrons. The summed E-state index contributed by atoms with van der Waals surface area (Å²) in [6.07, 6.45) is 12.8. The van der Waals surface area contributed by atoms with Crippen LogP contribution in [0, 0.1) is 57.2 Å². The fraction of sp³-hybridized carbons (Fsp3) is 0.833. The number of epoxide rings is 3. The molecular formula is C48H60O13. The third-order valence-electron chi connectivity index (χ3n) is 21.4. The molecule has 0 aromatic heterocycles. The molecule has 0 radical (unpaired) electrons. The summed E-state index contributed by atoms with van der Waals surface area (Å²) in [4.78, 5) is 75.2. The summed E-state index contributed by atoms with van der Waals surface area (Å²) in [6.45, 7) is 9.01. The molecule has 5 saturated heterocycles. The fourth-order valence-corrected chi connectivity index (χ4v) is 18.3. The van der Waals surface area contributed by atoms with Crippen LogP contribution in [0.2, 0.25) is 0 Å². The molecular weight excluding hydrogens is 785 g/mol. The van der Waals surface area contributed by atoms with Crippen LogP contribution in [0.4, 0.5) is 0 Å². The molecule has 0 N–H and O–H groups in total. The van der Waals surface area contributed by atoms with Gasteiger partial charge in [-0.25, -0.2) is 0 Å². The molecule has 9 unspecified atom stereocenters. The molecule has 5 spiro atoms. The van der Waals surface area contributed by atoms with Gasteiger partial charge in [0.2, 0.25) is 0 Å². The van der Waals surface area contributed by atoms with Crippen molar-refractivity contribution < 1.29 is 61.9 Å². The summed E-state index contributed by atoms with van der Waals surface area (Å²) in [6, 6.07) is 0. The van der Waals surface area contributed by atoms with Crippen molar-refractivity contribution in [3.8, 4) is 0 Å². The van der Waals surface area contributed by atoms with Crippen LogP contribution in [0.5, 0.6) is 0 Å². The summed E-state index contributed by atoms with van der Waals surface area (Å²) < 4.78 is 42.1. The predicted octanol–water partition coefficient (Wildman–Crippen LogP) is 5.46. The molecule has 18 atom stereocenters. The first-order chi connectivity index (χ1) is 28.9. The second kappa shape index (κ2) is 11.7. The number of hydrogen-bond acceptors (Lipinski definition) is 13. The average molecular weight is 845 g/mol. The molecule has 13 heteroatoms. The molecule has 5 aliphatic heterocycles. The average Bonchev–Trinajstić information content (AvgIpc) is 4.15. The molecule has 0 aromatic carbocycles. The minimum absolute atomic E-state index is 0.000380. The van der Waals surface area contributed by atoms with E-state index < -0.39 is 34.1 Å². The Balaban J connectivity index is 0.000000131. The Morgan fingerprint density at radius 1 is 0.639 bits per heavy atom. The Hall–Kier alpha value is -3.16. The highest BCUT2D eigenvalue weighted by Gasteiger charge is 2.91. The number of hydrogen-bond donors (Lipinski definition) is 0. The fourth-order valence-electron chi connectivity index (χ4n) is 18.3. The Morgan fingerprint density at radius 2 is 1.20 bits per heavy atom. The van der Waals surface area contributed by atoms with Crippen molar-refractivity contribution in [1.29, 1.82) is 0 Å². The topological polar surface area (TPSA) is 177 Å². The molecule has 0 aromatic rings. The van der Waals surface area contributed by atoms with Gasteiger partial charge in [0.1, 0.15) is 34.1 Å². The Morgan fingerprint density at radius 3 is 1.77 bits per heavy atom. The second-order valence-electron chi connectivity index (χ2n) is 22.6. The van der Waals surface area contributed by atoms with Gasteiger partial charge in [0.15, 0.2) is 11.6 Å². The van der Waals surface area contributed by atoms with Crippen molar-refractivity contribution in [2.45, 2.75) is 177 Å². The first kappa shape index (κ1) is 39.4. The van der Waals surface area contributed by atoms with Crippen molar-refractivity contribution in [2.24, 2.45) is 57.2 Å². The summed E-state index contributed by atoms with van der Waals surface area (Å²) in [5.41, 5.74) is -2.18. The lowest BCUT2D eigenvalue weighted by molar-refractivity contribution is -0.184. The first-order valence-electron chi connectivity index (χ1n) is 23.3. The Bertz CT molecular complexity index is 2150. The van der Waals surface area contributed by atoms with Crippen molar-refractivity contribution >= 4 is 35.4 Å². The quantitative estimate of drug-likeness (QED) is 0.195. The van der Waals surface area contributed by atoms with Crippen molar-refractivity contribution in [3.05, 3.63) is 11.6 Å². The number of esters is 4. The van der Waals surface area contributed by atoms with E-state index in [-0.39, 0.29) is 105 Å². The summed E-state index contributed by atoms with van der Waals surface area (Å²) in [7, 11) is 2.89. The van der Waals surface area contributed by atoms with E-state index in [1.165, 1.54) is 14.2 Å². The van der Waals surface area contributed by atoms with E-state index in [1.54, 1.807) is 6.08 Å². The van der Waals surface area contributed by atoms with Gasteiger partial charge in [-0.1, -0.05) is 33.3 Å². The van der Waals surface area contributed by atoms with Gasteiger partial charge in [-0.2, -0.15) is 0 Å². The minimum Gasteiger partial charge on any atom is -0.469 e. The summed E-state index contributed by atoms with van der Waals surface area (Å²) in [5, 5.41) is 0. The van der Waals surface area contributed by atoms with Gasteiger partial charge in [-0.05, 0) is 95.0 Å². The van der Waals surface area contributed by atoms with Crippen LogP contribution in [0.1, 0.15) is 130 Å².